The summed E-state index contributed by atoms with van der Waals surface area (Å²) in [6.07, 6.45) is 0. The second-order valence-electron chi connectivity index (χ2n) is 1.73. The molecule has 0 saturated carbocycles. The Kier molecular flexibility index (Phi) is 1.09. The molecule has 0 aliphatic carbocycles. The maximum absolute atomic E-state index is 3.98. The maximum Gasteiger partial charge on any atom is 0.163 e. The van der Waals surface area contributed by atoms with Crippen molar-refractivity contribution in [3.63, 3.8) is 0 Å². The van der Waals surface area contributed by atoms with Gasteiger partial charge in [0.25, 0.3) is 0 Å². The zero-order valence-corrected chi connectivity index (χ0v) is 5.29. The number of rotatable bonds is 0. The third-order valence-corrected chi connectivity index (χ3v) is 0.998. The average molecular weight is 113 g/mol. The Morgan fingerprint density at radius 1 is 1.25 bits per heavy atom. The monoisotopic (exact) mass is 113 g/mol. The Balaban J connectivity index is 2.56. The van der Waals surface area contributed by atoms with Crippen molar-refractivity contribution in [2.75, 3.05) is 14.1 Å². The molecule has 1 aliphatic heterocycles. The third kappa shape index (κ3) is 0.742. The summed E-state index contributed by atoms with van der Waals surface area (Å²) in [5.41, 5.74) is 3.98. The van der Waals surface area contributed by atoms with E-state index in [0.717, 1.165) is 5.84 Å². The largest absolute Gasteiger partial charge is 0.209 e. The van der Waals surface area contributed by atoms with Crippen LogP contribution in [0.15, 0.2) is 5.10 Å². The van der Waals surface area contributed by atoms with Crippen LogP contribution in [0.4, 0.5) is 0 Å². The Morgan fingerprint density at radius 2 is 1.88 bits per heavy atom. The van der Waals surface area contributed by atoms with Crippen molar-refractivity contribution in [1.29, 1.82) is 0 Å². The third-order valence-electron chi connectivity index (χ3n) is 0.998. The van der Waals surface area contributed by atoms with Crippen molar-refractivity contribution in [2.45, 2.75) is 6.92 Å². The van der Waals surface area contributed by atoms with Crippen molar-refractivity contribution >= 4 is 5.84 Å². The van der Waals surface area contributed by atoms with Crippen LogP contribution in [0.25, 0.3) is 0 Å². The molecule has 0 bridgehead atoms. The van der Waals surface area contributed by atoms with Gasteiger partial charge in [-0.05, 0) is 6.92 Å². The van der Waals surface area contributed by atoms with E-state index in [1.54, 1.807) is 10.2 Å². The van der Waals surface area contributed by atoms with Crippen LogP contribution in [0.3, 0.4) is 0 Å². The van der Waals surface area contributed by atoms with Crippen molar-refractivity contribution in [1.82, 2.24) is 15.7 Å². The van der Waals surface area contributed by atoms with Gasteiger partial charge in [0, 0.05) is 14.1 Å². The Hall–Kier alpha value is -0.770. The van der Waals surface area contributed by atoms with E-state index in [-0.39, 0.29) is 0 Å². The minimum absolute atomic E-state index is 0.801. The second kappa shape index (κ2) is 1.63. The topological polar surface area (TPSA) is 32.9 Å². The minimum atomic E-state index is 0.801. The van der Waals surface area contributed by atoms with Crippen LogP contribution in [-0.2, 0) is 0 Å². The molecule has 1 radical (unpaired) electrons. The number of amidine groups is 1. The van der Waals surface area contributed by atoms with E-state index >= 15 is 0 Å². The molecule has 0 aromatic heterocycles. The van der Waals surface area contributed by atoms with Crippen molar-refractivity contribution in [3.8, 4) is 0 Å². The molecule has 0 fully saturated rings. The normalized spacial score (nSPS) is 20.9. The molecule has 1 rings (SSSR count). The smallest absolute Gasteiger partial charge is 0.163 e. The van der Waals surface area contributed by atoms with E-state index in [1.807, 2.05) is 21.0 Å². The number of hydrogen-bond donors (Lipinski definition) is 0. The molecule has 0 N–H and O–H groups in total. The van der Waals surface area contributed by atoms with Crippen molar-refractivity contribution in [2.24, 2.45) is 5.10 Å². The quantitative estimate of drug-likeness (QED) is 0.429. The predicted molar refractivity (Wildman–Crippen MR) is 30.8 cm³/mol. The molecular formula is C4H9N4. The molecule has 0 unspecified atom stereocenters. The van der Waals surface area contributed by atoms with Crippen LogP contribution in [0.5, 0.6) is 0 Å². The van der Waals surface area contributed by atoms with Gasteiger partial charge in [-0.1, -0.05) is 5.12 Å². The van der Waals surface area contributed by atoms with E-state index in [2.05, 4.69) is 10.5 Å². The molecule has 0 spiro atoms. The van der Waals surface area contributed by atoms with Gasteiger partial charge in [-0.15, -0.1) is 5.10 Å². The summed E-state index contributed by atoms with van der Waals surface area (Å²) < 4.78 is 0. The lowest BCUT2D eigenvalue weighted by molar-refractivity contribution is 0.0237. The fraction of sp³-hybridized carbons (Fsp3) is 0.750. The summed E-state index contributed by atoms with van der Waals surface area (Å²) in [6.45, 7) is 1.86. The minimum Gasteiger partial charge on any atom is -0.209 e. The first kappa shape index (κ1) is 5.37. The molecule has 4 heteroatoms. The summed E-state index contributed by atoms with van der Waals surface area (Å²) in [4.78, 5) is 0. The fourth-order valence-electron chi connectivity index (χ4n) is 0.568. The Labute approximate surface area is 48.7 Å². The summed E-state index contributed by atoms with van der Waals surface area (Å²) in [5.74, 6) is 0.801. The van der Waals surface area contributed by atoms with Crippen LogP contribution in [0.2, 0.25) is 0 Å². The summed E-state index contributed by atoms with van der Waals surface area (Å²) in [6, 6.07) is 0. The molecule has 0 atom stereocenters. The number of hydrazine groups is 1. The van der Waals surface area contributed by atoms with Gasteiger partial charge in [0.05, 0.1) is 0 Å². The zero-order chi connectivity index (χ0) is 6.15. The van der Waals surface area contributed by atoms with Gasteiger partial charge in [0.2, 0.25) is 0 Å². The number of hydrogen-bond acceptors (Lipinski definition) is 3. The highest BCUT2D eigenvalue weighted by atomic mass is 15.9. The number of hydrazone groups is 1. The highest BCUT2D eigenvalue weighted by Gasteiger charge is 2.12. The summed E-state index contributed by atoms with van der Waals surface area (Å²) in [7, 11) is 3.69. The highest BCUT2D eigenvalue weighted by molar-refractivity contribution is 5.79. The lowest BCUT2D eigenvalue weighted by atomic mass is 10.7. The van der Waals surface area contributed by atoms with E-state index in [1.165, 1.54) is 0 Å². The summed E-state index contributed by atoms with van der Waals surface area (Å²) in [5, 5.41) is 7.33. The van der Waals surface area contributed by atoms with Crippen LogP contribution >= 0.6 is 0 Å². The van der Waals surface area contributed by atoms with Gasteiger partial charge >= 0.3 is 0 Å². The van der Waals surface area contributed by atoms with Crippen LogP contribution in [0.1, 0.15) is 6.92 Å². The SMILES string of the molecule is CC1=NN(C)N(C)[N]1. The van der Waals surface area contributed by atoms with Crippen molar-refractivity contribution in [3.05, 3.63) is 0 Å². The molecule has 1 heterocycles. The molecule has 0 saturated heterocycles. The van der Waals surface area contributed by atoms with Gasteiger partial charge in [0.15, 0.2) is 5.84 Å². The summed E-state index contributed by atoms with van der Waals surface area (Å²) >= 11 is 0. The second-order valence-corrected chi connectivity index (χ2v) is 1.73. The highest BCUT2D eigenvalue weighted by Crippen LogP contribution is 1.96. The van der Waals surface area contributed by atoms with E-state index < -0.39 is 0 Å². The average Bonchev–Trinajstić information content (AvgIpc) is 1.85. The fourth-order valence-corrected chi connectivity index (χ4v) is 0.568. The molecule has 0 aromatic rings. The molecule has 0 amide bonds. The van der Waals surface area contributed by atoms with Crippen molar-refractivity contribution < 1.29 is 0 Å². The first-order chi connectivity index (χ1) is 3.70. The standard InChI is InChI=1S/C4H9N4/c1-4-5-7(2)8(3)6-4/h1-3H3. The van der Waals surface area contributed by atoms with Gasteiger partial charge in [-0.3, -0.25) is 0 Å². The predicted octanol–water partition coefficient (Wildman–Crippen LogP) is -0.369. The lowest BCUT2D eigenvalue weighted by Crippen LogP contribution is -2.32. The first-order valence-electron chi connectivity index (χ1n) is 2.44. The van der Waals surface area contributed by atoms with Gasteiger partial charge in [-0.2, -0.15) is 5.43 Å². The van der Waals surface area contributed by atoms with E-state index in [0.29, 0.717) is 0 Å². The van der Waals surface area contributed by atoms with Crippen LogP contribution < -0.4 is 5.43 Å². The zero-order valence-electron chi connectivity index (χ0n) is 5.29. The molecule has 45 valence electrons. The Morgan fingerprint density at radius 3 is 2.00 bits per heavy atom. The van der Waals surface area contributed by atoms with E-state index in [9.17, 15) is 0 Å². The van der Waals surface area contributed by atoms with Gasteiger partial charge < -0.3 is 0 Å². The molecular weight excluding hydrogens is 104 g/mol. The first-order valence-corrected chi connectivity index (χ1v) is 2.44. The molecule has 0 aromatic carbocycles. The maximum atomic E-state index is 3.98. The number of nitrogens with zero attached hydrogens (tertiary/aromatic N) is 4. The Bertz CT molecular complexity index is 119. The molecule has 4 nitrogen and oxygen atoms in total. The molecule has 1 aliphatic rings. The molecule has 8 heavy (non-hydrogen) atoms. The van der Waals surface area contributed by atoms with Crippen LogP contribution in [0, 0.1) is 0 Å². The lowest BCUT2D eigenvalue weighted by Gasteiger charge is -2.13. The van der Waals surface area contributed by atoms with E-state index in [4.69, 9.17) is 0 Å². The van der Waals surface area contributed by atoms with Crippen LogP contribution in [-0.4, -0.2) is 30.2 Å². The van der Waals surface area contributed by atoms with Gasteiger partial charge in [-0.25, -0.2) is 5.12 Å². The van der Waals surface area contributed by atoms with Gasteiger partial charge in [0.1, 0.15) is 0 Å².